The van der Waals surface area contributed by atoms with Gasteiger partial charge in [0.1, 0.15) is 18.7 Å². The molecule has 10 nitrogen and oxygen atoms in total. The van der Waals surface area contributed by atoms with Gasteiger partial charge in [-0.25, -0.2) is 9.97 Å². The number of aliphatic hydroxyl groups excluding tert-OH is 1. The van der Waals surface area contributed by atoms with Crippen LogP contribution in [-0.4, -0.2) is 56.4 Å². The van der Waals surface area contributed by atoms with Gasteiger partial charge in [-0.2, -0.15) is 4.98 Å². The van der Waals surface area contributed by atoms with Gasteiger partial charge in [0.05, 0.1) is 24.5 Å². The van der Waals surface area contributed by atoms with E-state index >= 15 is 0 Å². The average molecular weight is 351 g/mol. The van der Waals surface area contributed by atoms with E-state index in [0.717, 1.165) is 0 Å². The minimum Gasteiger partial charge on any atom is -0.465 e. The van der Waals surface area contributed by atoms with Gasteiger partial charge in [0.15, 0.2) is 5.65 Å². The third-order valence-corrected chi connectivity index (χ3v) is 3.76. The molecule has 0 aliphatic rings. The number of hydrogen-bond acceptors (Lipinski definition) is 9. The van der Waals surface area contributed by atoms with Gasteiger partial charge in [-0.15, -0.1) is 0 Å². The second kappa shape index (κ2) is 7.88. The van der Waals surface area contributed by atoms with E-state index < -0.39 is 17.4 Å². The van der Waals surface area contributed by atoms with Crippen molar-refractivity contribution >= 4 is 29.1 Å². The fraction of sp³-hybridized carbons (Fsp3) is 0.533. The quantitative estimate of drug-likeness (QED) is 0.623. The van der Waals surface area contributed by atoms with Gasteiger partial charge in [-0.1, -0.05) is 0 Å². The fourth-order valence-electron chi connectivity index (χ4n) is 2.26. The zero-order chi connectivity index (χ0) is 18.4. The summed E-state index contributed by atoms with van der Waals surface area (Å²) in [5.41, 5.74) is 5.82. The third-order valence-electron chi connectivity index (χ3n) is 3.76. The fourth-order valence-corrected chi connectivity index (χ4v) is 2.26. The number of rotatable bonds is 8. The molecular weight excluding hydrogens is 330 g/mol. The number of anilines is 1. The summed E-state index contributed by atoms with van der Waals surface area (Å²) in [5.74, 6) is -0.828. The number of carbonyl (C=O) groups is 2. The van der Waals surface area contributed by atoms with Gasteiger partial charge < -0.3 is 24.9 Å². The normalized spacial score (nSPS) is 11.5. The minimum absolute atomic E-state index is 0.0735. The van der Waals surface area contributed by atoms with Gasteiger partial charge >= 0.3 is 11.9 Å². The summed E-state index contributed by atoms with van der Waals surface area (Å²) in [6.45, 7) is 2.48. The Morgan fingerprint density at radius 2 is 1.88 bits per heavy atom. The summed E-state index contributed by atoms with van der Waals surface area (Å²) < 4.78 is 11.8. The Hall–Kier alpha value is -2.75. The molecule has 0 aliphatic carbocycles. The molecule has 2 aromatic rings. The van der Waals surface area contributed by atoms with Crippen molar-refractivity contribution in [2.75, 3.05) is 25.6 Å². The van der Waals surface area contributed by atoms with Gasteiger partial charge in [-0.3, -0.25) is 9.59 Å². The average Bonchev–Trinajstić information content (AvgIpc) is 2.96. The molecule has 0 unspecified atom stereocenters. The van der Waals surface area contributed by atoms with E-state index in [9.17, 15) is 14.7 Å². The lowest BCUT2D eigenvalue weighted by Crippen LogP contribution is -2.38. The number of ether oxygens (including phenoxy) is 2. The molecule has 10 heteroatoms. The summed E-state index contributed by atoms with van der Waals surface area (Å²) >= 11 is 0. The van der Waals surface area contributed by atoms with Crippen molar-refractivity contribution in [2.45, 2.75) is 26.8 Å². The molecule has 2 aromatic heterocycles. The molecule has 0 fully saturated rings. The zero-order valence-corrected chi connectivity index (χ0v) is 14.1. The molecule has 2 heterocycles. The van der Waals surface area contributed by atoms with Crippen LogP contribution in [0.4, 0.5) is 5.95 Å². The van der Waals surface area contributed by atoms with E-state index in [2.05, 4.69) is 15.0 Å². The molecule has 0 aliphatic heterocycles. The van der Waals surface area contributed by atoms with E-state index in [1.54, 1.807) is 10.9 Å². The highest BCUT2D eigenvalue weighted by molar-refractivity contribution is 5.70. The van der Waals surface area contributed by atoms with Crippen LogP contribution in [0.5, 0.6) is 0 Å². The lowest BCUT2D eigenvalue weighted by Gasteiger charge is -2.30. The second-order valence-corrected chi connectivity index (χ2v) is 5.84. The Balaban J connectivity index is 2.17. The third kappa shape index (κ3) is 4.86. The molecule has 0 aromatic carbocycles. The lowest BCUT2D eigenvalue weighted by atomic mass is 9.87. The smallest absolute Gasteiger partial charge is 0.302 e. The van der Waals surface area contributed by atoms with E-state index in [0.29, 0.717) is 24.1 Å². The van der Waals surface area contributed by atoms with Crippen LogP contribution in [0.15, 0.2) is 12.5 Å². The van der Waals surface area contributed by atoms with Crippen LogP contribution in [0.25, 0.3) is 11.2 Å². The van der Waals surface area contributed by atoms with Crippen molar-refractivity contribution in [3.8, 4) is 0 Å². The Labute approximate surface area is 144 Å². The van der Waals surface area contributed by atoms with Gasteiger partial charge in [0.2, 0.25) is 5.95 Å². The summed E-state index contributed by atoms with van der Waals surface area (Å²) in [5, 5.41) is 9.84. The highest BCUT2D eigenvalue weighted by Gasteiger charge is 2.33. The number of aryl methyl sites for hydroxylation is 1. The topological polar surface area (TPSA) is 142 Å². The number of imidazole rings is 1. The molecule has 2 rings (SSSR count). The van der Waals surface area contributed by atoms with Crippen LogP contribution in [-0.2, 0) is 25.6 Å². The lowest BCUT2D eigenvalue weighted by molar-refractivity contribution is -0.154. The highest BCUT2D eigenvalue weighted by Crippen LogP contribution is 2.25. The summed E-state index contributed by atoms with van der Waals surface area (Å²) in [6.07, 6.45) is 3.46. The number of esters is 2. The molecule has 0 radical (unpaired) electrons. The summed E-state index contributed by atoms with van der Waals surface area (Å²) in [7, 11) is 0. The monoisotopic (exact) mass is 351 g/mol. The largest absolute Gasteiger partial charge is 0.465 e. The number of carbonyl (C=O) groups excluding carboxylic acids is 2. The number of nitrogens with two attached hydrogens (primary N) is 1. The van der Waals surface area contributed by atoms with Crippen molar-refractivity contribution in [2.24, 2.45) is 5.41 Å². The number of nitrogen functional groups attached to an aromatic ring is 1. The van der Waals surface area contributed by atoms with Crippen LogP contribution in [0, 0.1) is 5.41 Å². The van der Waals surface area contributed by atoms with Crippen molar-refractivity contribution in [3.05, 3.63) is 12.5 Å². The minimum atomic E-state index is -0.924. The van der Waals surface area contributed by atoms with Crippen LogP contribution in [0.2, 0.25) is 0 Å². The first-order valence-electron chi connectivity index (χ1n) is 7.66. The van der Waals surface area contributed by atoms with Crippen LogP contribution in [0.1, 0.15) is 20.3 Å². The molecule has 136 valence electrons. The maximum atomic E-state index is 11.1. The maximum Gasteiger partial charge on any atom is 0.302 e. The van der Waals surface area contributed by atoms with Crippen molar-refractivity contribution in [1.82, 2.24) is 19.5 Å². The highest BCUT2D eigenvalue weighted by atomic mass is 16.5. The number of hydrogen-bond donors (Lipinski definition) is 2. The molecule has 0 bridgehead atoms. The van der Waals surface area contributed by atoms with Crippen molar-refractivity contribution in [1.29, 1.82) is 0 Å². The Morgan fingerprint density at radius 3 is 2.44 bits per heavy atom. The molecule has 25 heavy (non-hydrogen) atoms. The van der Waals surface area contributed by atoms with E-state index in [-0.39, 0.29) is 25.8 Å². The molecule has 0 saturated carbocycles. The van der Waals surface area contributed by atoms with Crippen LogP contribution < -0.4 is 5.73 Å². The number of fused-ring (bicyclic) bond motifs is 1. The number of nitrogens with zero attached hydrogens (tertiary/aromatic N) is 4. The van der Waals surface area contributed by atoms with Gasteiger partial charge in [-0.05, 0) is 6.42 Å². The van der Waals surface area contributed by atoms with Gasteiger partial charge in [0, 0.05) is 20.4 Å². The predicted octanol–water partition coefficient (Wildman–Crippen LogP) is -0.0965. The van der Waals surface area contributed by atoms with E-state index in [1.807, 2.05) is 0 Å². The van der Waals surface area contributed by atoms with Crippen LogP contribution >= 0.6 is 0 Å². The van der Waals surface area contributed by atoms with Crippen molar-refractivity contribution < 1.29 is 24.2 Å². The predicted molar refractivity (Wildman–Crippen MR) is 87.1 cm³/mol. The molecule has 0 amide bonds. The first-order valence-corrected chi connectivity index (χ1v) is 7.66. The standard InChI is InChI=1S/C15H21N5O5/c1-10(22)24-7-15(6-21,8-25-11(2)23)3-4-20-9-18-12-5-17-14(16)19-13(12)20/h5,9,21H,3-4,6-8H2,1-2H3,(H2,16,17,19). The molecular formula is C15H21N5O5. The SMILES string of the molecule is CC(=O)OCC(CO)(CCn1cnc2cnc(N)nc21)COC(C)=O. The summed E-state index contributed by atoms with van der Waals surface area (Å²) in [4.78, 5) is 34.5. The summed E-state index contributed by atoms with van der Waals surface area (Å²) in [6, 6.07) is 0. The first kappa shape index (κ1) is 18.6. The Morgan fingerprint density at radius 1 is 1.24 bits per heavy atom. The van der Waals surface area contributed by atoms with Gasteiger partial charge in [0.25, 0.3) is 0 Å². The molecule has 3 N–H and O–H groups in total. The maximum absolute atomic E-state index is 11.1. The van der Waals surface area contributed by atoms with E-state index in [1.165, 1.54) is 20.0 Å². The molecule has 0 saturated heterocycles. The Bertz CT molecular complexity index is 742. The first-order chi connectivity index (χ1) is 11.8. The number of aromatic nitrogens is 4. The second-order valence-electron chi connectivity index (χ2n) is 5.84. The van der Waals surface area contributed by atoms with Crippen LogP contribution in [0.3, 0.4) is 0 Å². The van der Waals surface area contributed by atoms with E-state index in [4.69, 9.17) is 15.2 Å². The number of aliphatic hydroxyl groups is 1. The Kier molecular flexibility index (Phi) is 5.86. The molecule has 0 atom stereocenters. The zero-order valence-electron chi connectivity index (χ0n) is 14.1. The van der Waals surface area contributed by atoms with Crippen molar-refractivity contribution in [3.63, 3.8) is 0 Å². The molecule has 0 spiro atoms.